The summed E-state index contributed by atoms with van der Waals surface area (Å²) in [6, 6.07) is -4.46. The molecule has 0 aromatic heterocycles. The van der Waals surface area contributed by atoms with Gasteiger partial charge in [-0.3, -0.25) is 14.4 Å². The number of hydrogen-bond acceptors (Lipinski definition) is 8. The van der Waals surface area contributed by atoms with E-state index in [9.17, 15) is 24.3 Å². The minimum Gasteiger partial charge on any atom is -0.480 e. The van der Waals surface area contributed by atoms with E-state index in [1.54, 1.807) is 13.8 Å². The summed E-state index contributed by atoms with van der Waals surface area (Å²) in [5.74, 6) is -3.88. The maximum atomic E-state index is 12.4. The van der Waals surface area contributed by atoms with Crippen LogP contribution in [-0.4, -0.2) is 77.0 Å². The number of nitrogens with two attached hydrogens (primary N) is 2. The van der Waals surface area contributed by atoms with Crippen LogP contribution in [0.5, 0.6) is 0 Å². The Hall–Kier alpha value is -1.89. The van der Waals surface area contributed by atoms with Crippen LogP contribution in [0.4, 0.5) is 0 Å². The van der Waals surface area contributed by atoms with Crippen molar-refractivity contribution in [2.75, 3.05) is 18.9 Å². The molecule has 4 unspecified atom stereocenters. The number of hydrogen-bond donors (Lipinski definition) is 8. The van der Waals surface area contributed by atoms with Crippen molar-refractivity contribution in [2.45, 2.75) is 57.3 Å². The first-order chi connectivity index (χ1) is 13.6. The van der Waals surface area contributed by atoms with Crippen LogP contribution >= 0.6 is 12.6 Å². The quantitative estimate of drug-likeness (QED) is 0.109. The molecule has 0 heterocycles. The highest BCUT2D eigenvalue weighted by molar-refractivity contribution is 7.80. The van der Waals surface area contributed by atoms with Crippen LogP contribution in [0.2, 0.25) is 0 Å². The van der Waals surface area contributed by atoms with Gasteiger partial charge in [0.1, 0.15) is 18.1 Å². The number of nitrogens with one attached hydrogen (secondary N) is 3. The second-order valence-electron chi connectivity index (χ2n) is 6.95. The maximum absolute atomic E-state index is 12.4. The summed E-state index contributed by atoms with van der Waals surface area (Å²) < 4.78 is 0. The summed E-state index contributed by atoms with van der Waals surface area (Å²) in [5, 5.41) is 25.6. The van der Waals surface area contributed by atoms with Crippen molar-refractivity contribution in [3.63, 3.8) is 0 Å². The van der Waals surface area contributed by atoms with Gasteiger partial charge in [-0.2, -0.15) is 12.6 Å². The predicted molar refractivity (Wildman–Crippen MR) is 110 cm³/mol. The number of thiol groups is 1. The predicted octanol–water partition coefficient (Wildman–Crippen LogP) is -2.44. The number of carbonyl (C=O) groups is 4. The summed E-state index contributed by atoms with van der Waals surface area (Å²) in [6.07, 6.45) is 1.73. The molecule has 0 saturated carbocycles. The topological polar surface area (TPSA) is 197 Å². The fourth-order valence-electron chi connectivity index (χ4n) is 2.35. The van der Waals surface area contributed by atoms with E-state index in [2.05, 4.69) is 28.6 Å². The number of aliphatic hydroxyl groups is 1. The lowest BCUT2D eigenvalue weighted by atomic mass is 10.0. The van der Waals surface area contributed by atoms with Gasteiger partial charge in [0.2, 0.25) is 17.7 Å². The largest absolute Gasteiger partial charge is 0.480 e. The zero-order valence-corrected chi connectivity index (χ0v) is 17.7. The number of aliphatic hydroxyl groups excluding tert-OH is 1. The third kappa shape index (κ3) is 9.92. The molecule has 0 bridgehead atoms. The van der Waals surface area contributed by atoms with E-state index < -0.39 is 54.5 Å². The van der Waals surface area contributed by atoms with Crippen LogP contribution < -0.4 is 27.4 Å². The minimum absolute atomic E-state index is 0.128. The fraction of sp³-hybridized carbons (Fsp3) is 0.765. The van der Waals surface area contributed by atoms with Crippen LogP contribution in [0.3, 0.4) is 0 Å². The Morgan fingerprint density at radius 2 is 1.55 bits per heavy atom. The van der Waals surface area contributed by atoms with E-state index in [-0.39, 0.29) is 11.7 Å². The molecule has 3 amide bonds. The minimum atomic E-state index is -1.31. The molecule has 0 radical (unpaired) electrons. The van der Waals surface area contributed by atoms with Gasteiger partial charge in [0.05, 0.1) is 12.6 Å². The molecule has 9 N–H and O–H groups in total. The molecule has 29 heavy (non-hydrogen) atoms. The highest BCUT2D eigenvalue weighted by Crippen LogP contribution is 2.04. The first-order valence-electron chi connectivity index (χ1n) is 9.40. The number of amides is 3. The Bertz CT molecular complexity index is 562. The monoisotopic (exact) mass is 435 g/mol. The van der Waals surface area contributed by atoms with Crippen LogP contribution in [0, 0.1) is 5.92 Å². The molecule has 0 rings (SSSR count). The fourth-order valence-corrected chi connectivity index (χ4v) is 2.60. The molecule has 11 nitrogen and oxygen atoms in total. The Morgan fingerprint density at radius 1 is 0.966 bits per heavy atom. The second-order valence-corrected chi connectivity index (χ2v) is 7.31. The molecular weight excluding hydrogens is 402 g/mol. The lowest BCUT2D eigenvalue weighted by Crippen LogP contribution is -2.59. The molecule has 0 aliphatic heterocycles. The molecule has 0 spiro atoms. The van der Waals surface area contributed by atoms with Crippen molar-refractivity contribution in [1.82, 2.24) is 16.0 Å². The van der Waals surface area contributed by atoms with Gasteiger partial charge in [0.15, 0.2) is 0 Å². The van der Waals surface area contributed by atoms with E-state index in [4.69, 9.17) is 16.6 Å². The van der Waals surface area contributed by atoms with Crippen LogP contribution in [0.25, 0.3) is 0 Å². The van der Waals surface area contributed by atoms with Gasteiger partial charge in [-0.05, 0) is 25.3 Å². The van der Waals surface area contributed by atoms with Gasteiger partial charge < -0.3 is 37.6 Å². The molecule has 0 saturated heterocycles. The molecule has 0 aromatic rings. The zero-order chi connectivity index (χ0) is 22.6. The molecule has 0 aliphatic rings. The standard InChI is InChI=1S/C17H33N5O6S/c1-9(2)13(16(26)21-12(8-29)17(27)28)22-15(25)11(7-23)20-14(24)10(19)5-3-4-6-18/h9-13,23,29H,3-8,18-19H2,1-2H3,(H,20,24)(H,21,26)(H,22,25)(H,27,28). The summed E-state index contributed by atoms with van der Waals surface area (Å²) >= 11 is 3.87. The Balaban J connectivity index is 4.98. The third-order valence-corrected chi connectivity index (χ3v) is 4.53. The van der Waals surface area contributed by atoms with Crippen LogP contribution in [0.15, 0.2) is 0 Å². The Labute approximate surface area is 175 Å². The van der Waals surface area contributed by atoms with E-state index in [0.717, 1.165) is 0 Å². The molecule has 0 aromatic carbocycles. The lowest BCUT2D eigenvalue weighted by Gasteiger charge is -2.26. The molecule has 0 aliphatic carbocycles. The van der Waals surface area contributed by atoms with Crippen molar-refractivity contribution in [3.8, 4) is 0 Å². The number of rotatable bonds is 14. The van der Waals surface area contributed by atoms with Gasteiger partial charge in [0.25, 0.3) is 0 Å². The van der Waals surface area contributed by atoms with E-state index >= 15 is 0 Å². The van der Waals surface area contributed by atoms with Gasteiger partial charge in [-0.15, -0.1) is 0 Å². The number of unbranched alkanes of at least 4 members (excludes halogenated alkanes) is 1. The zero-order valence-electron chi connectivity index (χ0n) is 16.8. The van der Waals surface area contributed by atoms with Gasteiger partial charge in [-0.1, -0.05) is 20.3 Å². The number of carboxylic acid groups (broad SMARTS) is 1. The summed E-state index contributed by atoms with van der Waals surface area (Å²) in [6.45, 7) is 3.08. The Kier molecular flexibility index (Phi) is 13.2. The molecular formula is C17H33N5O6S. The van der Waals surface area contributed by atoms with Crippen LogP contribution in [-0.2, 0) is 19.2 Å². The van der Waals surface area contributed by atoms with Crippen molar-refractivity contribution in [3.05, 3.63) is 0 Å². The van der Waals surface area contributed by atoms with Gasteiger partial charge >= 0.3 is 5.97 Å². The Morgan fingerprint density at radius 3 is 2.00 bits per heavy atom. The highest BCUT2D eigenvalue weighted by atomic mass is 32.1. The summed E-state index contributed by atoms with van der Waals surface area (Å²) in [7, 11) is 0. The van der Waals surface area contributed by atoms with Gasteiger partial charge in [-0.25, -0.2) is 4.79 Å². The second kappa shape index (κ2) is 14.1. The molecule has 0 fully saturated rings. The number of carbonyl (C=O) groups excluding carboxylic acids is 3. The maximum Gasteiger partial charge on any atom is 0.327 e. The van der Waals surface area contributed by atoms with Crippen molar-refractivity contribution < 1.29 is 29.4 Å². The molecule has 12 heteroatoms. The highest BCUT2D eigenvalue weighted by Gasteiger charge is 2.31. The molecule has 4 atom stereocenters. The lowest BCUT2D eigenvalue weighted by molar-refractivity contribution is -0.142. The van der Waals surface area contributed by atoms with Gasteiger partial charge in [0, 0.05) is 5.75 Å². The number of carboxylic acids is 1. The van der Waals surface area contributed by atoms with E-state index in [1.807, 2.05) is 0 Å². The summed E-state index contributed by atoms with van der Waals surface area (Å²) in [4.78, 5) is 48.0. The number of aliphatic carboxylic acids is 1. The third-order valence-electron chi connectivity index (χ3n) is 4.17. The van der Waals surface area contributed by atoms with E-state index in [1.165, 1.54) is 0 Å². The average Bonchev–Trinajstić information content (AvgIpc) is 2.67. The average molecular weight is 436 g/mol. The van der Waals surface area contributed by atoms with Crippen molar-refractivity contribution in [2.24, 2.45) is 17.4 Å². The summed E-state index contributed by atoms with van der Waals surface area (Å²) in [5.41, 5.74) is 11.2. The van der Waals surface area contributed by atoms with Crippen molar-refractivity contribution in [1.29, 1.82) is 0 Å². The first-order valence-corrected chi connectivity index (χ1v) is 10.0. The van der Waals surface area contributed by atoms with Crippen LogP contribution in [0.1, 0.15) is 33.1 Å². The molecule has 168 valence electrons. The SMILES string of the molecule is CC(C)C(NC(=O)C(CO)NC(=O)C(N)CCCCN)C(=O)NC(CS)C(=O)O. The smallest absolute Gasteiger partial charge is 0.327 e. The normalized spacial score (nSPS) is 15.1. The first kappa shape index (κ1) is 27.1. The van der Waals surface area contributed by atoms with Crippen molar-refractivity contribution >= 4 is 36.3 Å². The van der Waals surface area contributed by atoms with E-state index in [0.29, 0.717) is 25.8 Å².